The maximum absolute atomic E-state index is 9.98. The lowest BCUT2D eigenvalue weighted by Gasteiger charge is -2.03. The number of aromatic hydroxyl groups is 1. The summed E-state index contributed by atoms with van der Waals surface area (Å²) in [4.78, 5) is 4.50. The predicted octanol–water partition coefficient (Wildman–Crippen LogP) is 5.54. The molecule has 3 aromatic rings. The van der Waals surface area contributed by atoms with Crippen LogP contribution in [-0.2, 0) is 0 Å². The first-order valence-corrected chi connectivity index (χ1v) is 7.73. The van der Waals surface area contributed by atoms with Crippen LogP contribution in [0, 0.1) is 6.92 Å². The first-order chi connectivity index (χ1) is 11.0. The molecule has 0 spiro atoms. The molecule has 0 saturated carbocycles. The number of azo groups is 1. The molecule has 0 atom stereocenters. The minimum atomic E-state index is 0.120. The fourth-order valence-electron chi connectivity index (χ4n) is 2.35. The Kier molecular flexibility index (Phi) is 4.05. The summed E-state index contributed by atoms with van der Waals surface area (Å²) in [6, 6.07) is 8.88. The van der Waals surface area contributed by atoms with Crippen molar-refractivity contribution in [3.05, 3.63) is 52.8 Å². The van der Waals surface area contributed by atoms with Gasteiger partial charge in [-0.1, -0.05) is 31.5 Å². The quantitative estimate of drug-likeness (QED) is 0.641. The lowest BCUT2D eigenvalue weighted by molar-refractivity contribution is 0.477. The largest absolute Gasteiger partial charge is 0.504 e. The summed E-state index contributed by atoms with van der Waals surface area (Å²) >= 11 is 6.12. The van der Waals surface area contributed by atoms with Crippen LogP contribution in [0.4, 0.5) is 11.5 Å². The SMILES string of the molecule is Cc1c(Cl)cccc1N=Nc1c(C(C)C)nc2c(O)cccn12. The number of halogens is 1. The highest BCUT2D eigenvalue weighted by molar-refractivity contribution is 6.31. The van der Waals surface area contributed by atoms with Crippen LogP contribution >= 0.6 is 11.6 Å². The molecule has 0 amide bonds. The number of benzene rings is 1. The van der Waals surface area contributed by atoms with Crippen LogP contribution in [0.25, 0.3) is 5.65 Å². The molecule has 6 heteroatoms. The average molecular weight is 329 g/mol. The van der Waals surface area contributed by atoms with Gasteiger partial charge in [-0.25, -0.2) is 4.98 Å². The van der Waals surface area contributed by atoms with Crippen LogP contribution < -0.4 is 0 Å². The van der Waals surface area contributed by atoms with Crippen LogP contribution in [0.2, 0.25) is 5.02 Å². The Morgan fingerprint density at radius 1 is 1.17 bits per heavy atom. The van der Waals surface area contributed by atoms with Crippen LogP contribution in [0.15, 0.2) is 46.8 Å². The van der Waals surface area contributed by atoms with E-state index in [-0.39, 0.29) is 11.7 Å². The van der Waals surface area contributed by atoms with Crippen LogP contribution in [0.3, 0.4) is 0 Å². The smallest absolute Gasteiger partial charge is 0.183 e. The van der Waals surface area contributed by atoms with Crippen molar-refractivity contribution < 1.29 is 5.11 Å². The van der Waals surface area contributed by atoms with E-state index in [9.17, 15) is 5.11 Å². The monoisotopic (exact) mass is 328 g/mol. The highest BCUT2D eigenvalue weighted by atomic mass is 35.5. The molecule has 0 bridgehead atoms. The Balaban J connectivity index is 2.15. The minimum Gasteiger partial charge on any atom is -0.504 e. The van der Waals surface area contributed by atoms with Crippen molar-refractivity contribution in [3.63, 3.8) is 0 Å². The van der Waals surface area contributed by atoms with Gasteiger partial charge in [-0.05, 0) is 42.7 Å². The van der Waals surface area contributed by atoms with Crippen molar-refractivity contribution in [1.82, 2.24) is 9.38 Å². The Morgan fingerprint density at radius 3 is 2.70 bits per heavy atom. The first-order valence-electron chi connectivity index (χ1n) is 7.36. The van der Waals surface area contributed by atoms with E-state index >= 15 is 0 Å². The number of aromatic nitrogens is 2. The normalized spacial score (nSPS) is 11.9. The second-order valence-corrected chi connectivity index (χ2v) is 6.05. The minimum absolute atomic E-state index is 0.120. The van der Waals surface area contributed by atoms with Crippen LogP contribution in [-0.4, -0.2) is 14.5 Å². The summed E-state index contributed by atoms with van der Waals surface area (Å²) in [7, 11) is 0. The van der Waals surface area contributed by atoms with Crippen molar-refractivity contribution in [1.29, 1.82) is 0 Å². The average Bonchev–Trinajstić information content (AvgIpc) is 2.89. The fraction of sp³-hybridized carbons (Fsp3) is 0.235. The molecule has 1 aromatic carbocycles. The summed E-state index contributed by atoms with van der Waals surface area (Å²) < 4.78 is 1.74. The molecule has 118 valence electrons. The Hall–Kier alpha value is -2.40. The standard InChI is InChI=1S/C17H17ClN4O/c1-10(2)15-17(22-9-5-8-14(23)16(22)19-15)21-20-13-7-4-6-12(18)11(13)3/h4-10,23H,1-3H3. The fourth-order valence-corrected chi connectivity index (χ4v) is 2.52. The topological polar surface area (TPSA) is 62.2 Å². The van der Waals surface area contributed by atoms with Gasteiger partial charge < -0.3 is 5.11 Å². The number of pyridine rings is 1. The number of fused-ring (bicyclic) bond motifs is 1. The molecule has 0 radical (unpaired) electrons. The van der Waals surface area contributed by atoms with Crippen molar-refractivity contribution in [2.45, 2.75) is 26.7 Å². The van der Waals surface area contributed by atoms with Gasteiger partial charge in [0.05, 0.1) is 11.4 Å². The number of hydrogen-bond donors (Lipinski definition) is 1. The highest BCUT2D eigenvalue weighted by Crippen LogP contribution is 2.33. The molecule has 0 aliphatic rings. The third-order valence-corrected chi connectivity index (χ3v) is 4.08. The van der Waals surface area contributed by atoms with Crippen molar-refractivity contribution in [2.24, 2.45) is 10.2 Å². The number of rotatable bonds is 3. The van der Waals surface area contributed by atoms with E-state index in [1.807, 2.05) is 45.2 Å². The third-order valence-electron chi connectivity index (χ3n) is 3.67. The van der Waals surface area contributed by atoms with Crippen LogP contribution in [0.1, 0.15) is 31.0 Å². The summed E-state index contributed by atoms with van der Waals surface area (Å²) in [6.45, 7) is 5.96. The molecule has 23 heavy (non-hydrogen) atoms. The summed E-state index contributed by atoms with van der Waals surface area (Å²) in [5.41, 5.74) is 2.85. The third kappa shape index (κ3) is 2.80. The van der Waals surface area contributed by atoms with Gasteiger partial charge in [0.15, 0.2) is 17.2 Å². The highest BCUT2D eigenvalue weighted by Gasteiger charge is 2.17. The Bertz CT molecular complexity index is 899. The lowest BCUT2D eigenvalue weighted by atomic mass is 10.1. The van der Waals surface area contributed by atoms with Gasteiger partial charge in [-0.15, -0.1) is 10.2 Å². The summed E-state index contributed by atoms with van der Waals surface area (Å²) in [5, 5.41) is 19.4. The molecular weight excluding hydrogens is 312 g/mol. The summed E-state index contributed by atoms with van der Waals surface area (Å²) in [6.07, 6.45) is 1.81. The second kappa shape index (κ2) is 6.01. The molecule has 3 rings (SSSR count). The molecular formula is C17H17ClN4O. The molecule has 0 saturated heterocycles. The van der Waals surface area contributed by atoms with Gasteiger partial charge in [-0.3, -0.25) is 4.40 Å². The van der Waals surface area contributed by atoms with E-state index < -0.39 is 0 Å². The number of nitrogens with zero attached hydrogens (tertiary/aromatic N) is 4. The number of hydrogen-bond acceptors (Lipinski definition) is 4. The van der Waals surface area contributed by atoms with Crippen molar-refractivity contribution >= 4 is 28.8 Å². The van der Waals surface area contributed by atoms with Gasteiger partial charge in [0, 0.05) is 11.2 Å². The zero-order valence-corrected chi connectivity index (χ0v) is 13.9. The molecule has 0 aliphatic heterocycles. The van der Waals surface area contributed by atoms with Gasteiger partial charge in [-0.2, -0.15) is 0 Å². The molecule has 1 N–H and O–H groups in total. The van der Waals surface area contributed by atoms with Gasteiger partial charge in [0.25, 0.3) is 0 Å². The van der Waals surface area contributed by atoms with E-state index in [0.717, 1.165) is 11.3 Å². The zero-order chi connectivity index (χ0) is 16.6. The van der Waals surface area contributed by atoms with E-state index in [1.165, 1.54) is 0 Å². The lowest BCUT2D eigenvalue weighted by Crippen LogP contribution is -1.87. The van der Waals surface area contributed by atoms with Gasteiger partial charge in [0.1, 0.15) is 0 Å². The van der Waals surface area contributed by atoms with E-state index in [2.05, 4.69) is 15.2 Å². The summed E-state index contributed by atoms with van der Waals surface area (Å²) in [5.74, 6) is 0.892. The van der Waals surface area contributed by atoms with Crippen LogP contribution in [0.5, 0.6) is 5.75 Å². The number of imidazole rings is 1. The maximum Gasteiger partial charge on any atom is 0.183 e. The van der Waals surface area contributed by atoms with Crippen molar-refractivity contribution in [3.8, 4) is 5.75 Å². The first kappa shape index (κ1) is 15.5. The molecule has 2 heterocycles. The second-order valence-electron chi connectivity index (χ2n) is 5.65. The van der Waals surface area contributed by atoms with Crippen molar-refractivity contribution in [2.75, 3.05) is 0 Å². The van der Waals surface area contributed by atoms with E-state index in [1.54, 1.807) is 16.5 Å². The van der Waals surface area contributed by atoms with Gasteiger partial charge in [0.2, 0.25) is 0 Å². The molecule has 0 aliphatic carbocycles. The Morgan fingerprint density at radius 2 is 1.96 bits per heavy atom. The maximum atomic E-state index is 9.98. The van der Waals surface area contributed by atoms with E-state index in [0.29, 0.717) is 22.2 Å². The molecule has 0 fully saturated rings. The zero-order valence-electron chi connectivity index (χ0n) is 13.2. The molecule has 0 unspecified atom stereocenters. The van der Waals surface area contributed by atoms with E-state index in [4.69, 9.17) is 11.6 Å². The Labute approximate surface area is 139 Å². The molecule has 5 nitrogen and oxygen atoms in total. The van der Waals surface area contributed by atoms with Gasteiger partial charge >= 0.3 is 0 Å². The predicted molar refractivity (Wildman–Crippen MR) is 91.3 cm³/mol. The molecule has 2 aromatic heterocycles.